The Hall–Kier alpha value is -5.47. The molecule has 2 aliphatic rings. The molecular formula is C31H31N7O8. The number of fused-ring (bicyclic) bond motifs is 4. The molecule has 2 N–H and O–H groups in total. The van der Waals surface area contributed by atoms with Crippen LogP contribution in [-0.4, -0.2) is 77.4 Å². The molecule has 5 heterocycles. The van der Waals surface area contributed by atoms with E-state index in [0.717, 1.165) is 39.7 Å². The average molecular weight is 630 g/mol. The Labute approximate surface area is 260 Å². The van der Waals surface area contributed by atoms with Crippen molar-refractivity contribution in [2.75, 3.05) is 13.1 Å². The lowest BCUT2D eigenvalue weighted by molar-refractivity contribution is 0.0496. The normalized spacial score (nSPS) is 16.8. The van der Waals surface area contributed by atoms with E-state index >= 15 is 0 Å². The molecule has 5 aromatic rings. The smallest absolute Gasteiger partial charge is 0.434 e. The summed E-state index contributed by atoms with van der Waals surface area (Å²) in [5.74, 6) is 0.187. The molecule has 1 saturated carbocycles. The van der Waals surface area contributed by atoms with E-state index in [1.165, 1.54) is 11.1 Å². The second-order valence-corrected chi connectivity index (χ2v) is 12.6. The van der Waals surface area contributed by atoms with Crippen LogP contribution in [0.4, 0.5) is 14.4 Å². The van der Waals surface area contributed by atoms with Gasteiger partial charge in [0, 0.05) is 28.6 Å². The maximum absolute atomic E-state index is 13.9. The van der Waals surface area contributed by atoms with Crippen molar-refractivity contribution in [1.82, 2.24) is 34.5 Å². The zero-order chi connectivity index (χ0) is 32.5. The highest BCUT2D eigenvalue weighted by atomic mass is 16.6. The third-order valence-electron chi connectivity index (χ3n) is 7.97. The Morgan fingerprint density at radius 2 is 1.96 bits per heavy atom. The second kappa shape index (κ2) is 10.6. The van der Waals surface area contributed by atoms with E-state index in [-0.39, 0.29) is 48.3 Å². The molecule has 4 aromatic heterocycles. The number of pyridine rings is 2. The van der Waals surface area contributed by atoms with Gasteiger partial charge in [-0.1, -0.05) is 6.07 Å². The Balaban J connectivity index is 1.20. The van der Waals surface area contributed by atoms with E-state index in [1.54, 1.807) is 31.5 Å². The fourth-order valence-corrected chi connectivity index (χ4v) is 5.86. The molecule has 15 nitrogen and oxygen atoms in total. The van der Waals surface area contributed by atoms with Crippen molar-refractivity contribution in [3.05, 3.63) is 52.4 Å². The number of hydrogen-bond donors (Lipinski definition) is 2. The molecule has 15 heteroatoms. The SMILES string of the molecule is Cc1c(-c2cnc3c(cnn3C(=O)O)c2)ccc2c3oc(CN4CC(CNC(=O)OC(C)(C)C)OC4=O)nc3c(=O)n(C3CC3)c12. The van der Waals surface area contributed by atoms with Crippen LogP contribution in [0.15, 0.2) is 39.8 Å². The highest BCUT2D eigenvalue weighted by Crippen LogP contribution is 2.40. The number of amides is 2. The van der Waals surface area contributed by atoms with Crippen LogP contribution in [0.5, 0.6) is 0 Å². The molecule has 46 heavy (non-hydrogen) atoms. The lowest BCUT2D eigenvalue weighted by Crippen LogP contribution is -2.38. The van der Waals surface area contributed by atoms with Gasteiger partial charge in [0.05, 0.1) is 24.8 Å². The largest absolute Gasteiger partial charge is 0.463 e. The first kappa shape index (κ1) is 29.3. The van der Waals surface area contributed by atoms with Crippen molar-refractivity contribution in [3.8, 4) is 11.1 Å². The second-order valence-electron chi connectivity index (χ2n) is 12.6. The molecular weight excluding hydrogens is 598 g/mol. The number of nitrogens with zero attached hydrogens (tertiary/aromatic N) is 6. The standard InChI is InChI=1S/C31H31N7O8/c1-15-20(16-9-17-11-34-38(29(41)42)26(17)32-10-16)7-8-21-24(15)37(18-5-6-18)27(39)23-25(21)45-22(35-23)14-36-13-19(44-30(36)43)12-33-28(40)46-31(2,3)4/h7-11,18-19H,5-6,12-14H2,1-4H3,(H,33,40)(H,41,42). The van der Waals surface area contributed by atoms with Crippen molar-refractivity contribution in [2.24, 2.45) is 0 Å². The predicted molar refractivity (Wildman–Crippen MR) is 164 cm³/mol. The van der Waals surface area contributed by atoms with Crippen LogP contribution in [-0.2, 0) is 16.0 Å². The Morgan fingerprint density at radius 1 is 1.17 bits per heavy atom. The van der Waals surface area contributed by atoms with Crippen LogP contribution in [0, 0.1) is 6.92 Å². The van der Waals surface area contributed by atoms with Crippen molar-refractivity contribution in [1.29, 1.82) is 0 Å². The summed E-state index contributed by atoms with van der Waals surface area (Å²) >= 11 is 0. The highest BCUT2D eigenvalue weighted by molar-refractivity contribution is 6.04. The van der Waals surface area contributed by atoms with Crippen LogP contribution >= 0.6 is 0 Å². The van der Waals surface area contributed by atoms with Gasteiger partial charge in [-0.05, 0) is 63.8 Å². The van der Waals surface area contributed by atoms with Crippen molar-refractivity contribution in [3.63, 3.8) is 0 Å². The lowest BCUT2D eigenvalue weighted by Gasteiger charge is -2.20. The van der Waals surface area contributed by atoms with E-state index in [1.807, 2.05) is 25.1 Å². The number of alkyl carbamates (subject to hydrolysis) is 1. The van der Waals surface area contributed by atoms with Gasteiger partial charge >= 0.3 is 18.3 Å². The van der Waals surface area contributed by atoms with Crippen LogP contribution < -0.4 is 10.9 Å². The number of rotatable bonds is 6. The molecule has 0 bridgehead atoms. The zero-order valence-electron chi connectivity index (χ0n) is 25.6. The fraction of sp³-hybridized carbons (Fsp3) is 0.387. The Morgan fingerprint density at radius 3 is 2.67 bits per heavy atom. The van der Waals surface area contributed by atoms with Gasteiger partial charge in [-0.3, -0.25) is 9.69 Å². The summed E-state index contributed by atoms with van der Waals surface area (Å²) in [6.07, 6.45) is 1.75. The van der Waals surface area contributed by atoms with Crippen molar-refractivity contribution in [2.45, 2.75) is 64.8 Å². The number of nitrogens with one attached hydrogen (secondary N) is 1. The summed E-state index contributed by atoms with van der Waals surface area (Å²) in [6, 6.07) is 5.63. The quantitative estimate of drug-likeness (QED) is 0.268. The predicted octanol–water partition coefficient (Wildman–Crippen LogP) is 4.57. The lowest BCUT2D eigenvalue weighted by atomic mass is 9.97. The maximum atomic E-state index is 13.9. The Bertz CT molecular complexity index is 2140. The summed E-state index contributed by atoms with van der Waals surface area (Å²) < 4.78 is 19.4. The van der Waals surface area contributed by atoms with Crippen LogP contribution in [0.25, 0.3) is 44.2 Å². The number of aromatic nitrogens is 5. The Kier molecular flexibility index (Phi) is 6.72. The number of cyclic esters (lactones) is 1. The van der Waals surface area contributed by atoms with Crippen molar-refractivity contribution < 1.29 is 33.4 Å². The summed E-state index contributed by atoms with van der Waals surface area (Å²) in [7, 11) is 0. The van der Waals surface area contributed by atoms with E-state index in [2.05, 4.69) is 20.4 Å². The topological polar surface area (TPSA) is 184 Å². The van der Waals surface area contributed by atoms with Crippen LogP contribution in [0.3, 0.4) is 0 Å². The van der Waals surface area contributed by atoms with Gasteiger partial charge in [0.2, 0.25) is 5.89 Å². The van der Waals surface area contributed by atoms with Crippen LogP contribution in [0.1, 0.15) is 51.1 Å². The summed E-state index contributed by atoms with van der Waals surface area (Å²) in [5.41, 5.74) is 2.92. The van der Waals surface area contributed by atoms with Gasteiger partial charge in [-0.2, -0.15) is 5.10 Å². The van der Waals surface area contributed by atoms with E-state index in [9.17, 15) is 24.3 Å². The molecule has 1 aliphatic carbocycles. The minimum Gasteiger partial charge on any atom is -0.463 e. The van der Waals surface area contributed by atoms with Crippen LogP contribution in [0.2, 0.25) is 0 Å². The van der Waals surface area contributed by atoms with Gasteiger partial charge in [0.1, 0.15) is 18.2 Å². The summed E-state index contributed by atoms with van der Waals surface area (Å²) in [6.45, 7) is 7.44. The molecule has 1 aliphatic heterocycles. The van der Waals surface area contributed by atoms with E-state index < -0.39 is 30.0 Å². The average Bonchev–Trinajstić information content (AvgIpc) is 3.42. The summed E-state index contributed by atoms with van der Waals surface area (Å²) in [4.78, 5) is 60.3. The molecule has 2 amide bonds. The molecule has 2 fully saturated rings. The van der Waals surface area contributed by atoms with Gasteiger partial charge < -0.3 is 28.9 Å². The van der Waals surface area contributed by atoms with Gasteiger partial charge in [0.25, 0.3) is 5.56 Å². The van der Waals surface area contributed by atoms with Gasteiger partial charge in [0.15, 0.2) is 16.7 Å². The maximum Gasteiger partial charge on any atom is 0.434 e. The number of carboxylic acid groups (broad SMARTS) is 1. The number of hydrogen-bond acceptors (Lipinski definition) is 10. The number of aryl methyl sites for hydroxylation is 1. The molecule has 1 unspecified atom stereocenters. The third kappa shape index (κ3) is 5.16. The van der Waals surface area contributed by atoms with E-state index in [4.69, 9.17) is 13.9 Å². The first-order chi connectivity index (χ1) is 21.9. The first-order valence-corrected chi connectivity index (χ1v) is 14.8. The van der Waals surface area contributed by atoms with E-state index in [0.29, 0.717) is 16.4 Å². The monoisotopic (exact) mass is 629 g/mol. The van der Waals surface area contributed by atoms with Crippen molar-refractivity contribution >= 4 is 51.3 Å². The molecule has 0 radical (unpaired) electrons. The van der Waals surface area contributed by atoms with Gasteiger partial charge in [-0.15, -0.1) is 4.68 Å². The molecule has 7 rings (SSSR count). The minimum absolute atomic E-state index is 0.0203. The molecule has 1 saturated heterocycles. The highest BCUT2D eigenvalue weighted by Gasteiger charge is 2.34. The molecule has 1 atom stereocenters. The molecule has 238 valence electrons. The fourth-order valence-electron chi connectivity index (χ4n) is 5.86. The summed E-state index contributed by atoms with van der Waals surface area (Å²) in [5, 5.41) is 17.2. The molecule has 0 spiro atoms. The zero-order valence-corrected chi connectivity index (χ0v) is 25.6. The number of benzene rings is 1. The number of ether oxygens (including phenoxy) is 2. The molecule has 1 aromatic carbocycles. The third-order valence-corrected chi connectivity index (χ3v) is 7.97. The number of oxazole rings is 1. The van der Waals surface area contributed by atoms with Gasteiger partial charge in [-0.25, -0.2) is 24.4 Å². The first-order valence-electron chi connectivity index (χ1n) is 14.8. The number of carbonyl (C=O) groups is 3. The minimum atomic E-state index is -1.22. The number of carbonyl (C=O) groups excluding carboxylic acids is 2.